The molecule has 3 aromatic heterocycles. The van der Waals surface area contributed by atoms with E-state index in [4.69, 9.17) is 0 Å². The molecule has 0 aliphatic heterocycles. The van der Waals surface area contributed by atoms with Gasteiger partial charge in [-0.05, 0) is 62.1 Å². The van der Waals surface area contributed by atoms with E-state index in [1.54, 1.807) is 0 Å². The van der Waals surface area contributed by atoms with Crippen molar-refractivity contribution in [3.8, 4) is 0 Å². The van der Waals surface area contributed by atoms with Crippen molar-refractivity contribution in [2.24, 2.45) is 0 Å². The Labute approximate surface area is 175 Å². The highest BCUT2D eigenvalue weighted by atomic mass is 14.7. The van der Waals surface area contributed by atoms with Gasteiger partial charge in [-0.2, -0.15) is 0 Å². The molecule has 0 saturated carbocycles. The van der Waals surface area contributed by atoms with Gasteiger partial charge >= 0.3 is 0 Å². The summed E-state index contributed by atoms with van der Waals surface area (Å²) in [6.45, 7) is 8.59. The Morgan fingerprint density at radius 3 is 1.77 bits per heavy atom. The molecule has 3 heteroatoms. The molecule has 148 valence electrons. The number of H-pyrrole nitrogens is 2. The van der Waals surface area contributed by atoms with Crippen LogP contribution in [0.3, 0.4) is 0 Å². The maximum Gasteiger partial charge on any atom is 0.0497 e. The summed E-state index contributed by atoms with van der Waals surface area (Å²) < 4.78 is 0. The lowest BCUT2D eigenvalue weighted by Gasteiger charge is -1.99. The van der Waals surface area contributed by atoms with E-state index < -0.39 is 0 Å². The molecule has 0 aliphatic carbocycles. The van der Waals surface area contributed by atoms with E-state index >= 15 is 0 Å². The Bertz CT molecular complexity index is 1410. The molecule has 6 rings (SSSR count). The van der Waals surface area contributed by atoms with Gasteiger partial charge in [-0.3, -0.25) is 4.98 Å². The number of rotatable bonds is 0. The number of aromatic nitrogens is 3. The summed E-state index contributed by atoms with van der Waals surface area (Å²) in [6, 6.07) is 19.2. The third-order valence-electron chi connectivity index (χ3n) is 6.05. The standard InChI is InChI=1S/C14H13N.C13H12N2/c1-9-7-8-10(2)14-13(9)11-5-3-4-6-12(11)15-14;1-8-3-4-9(2)13-12(8)10-7-14-6-5-11(10)15-13/h3-8,15H,1-2H3;3-7,15H,1-2H3. The van der Waals surface area contributed by atoms with Crippen LogP contribution >= 0.6 is 0 Å². The van der Waals surface area contributed by atoms with Crippen LogP contribution in [-0.2, 0) is 0 Å². The lowest BCUT2D eigenvalue weighted by Crippen LogP contribution is -1.79. The van der Waals surface area contributed by atoms with Crippen molar-refractivity contribution < 1.29 is 0 Å². The Kier molecular flexibility index (Phi) is 4.32. The smallest absolute Gasteiger partial charge is 0.0497 e. The molecule has 0 spiro atoms. The first-order valence-electron chi connectivity index (χ1n) is 10.3. The van der Waals surface area contributed by atoms with E-state index in [0.717, 1.165) is 5.52 Å². The first kappa shape index (κ1) is 18.4. The van der Waals surface area contributed by atoms with Gasteiger partial charge in [0.2, 0.25) is 0 Å². The molecular weight excluding hydrogens is 366 g/mol. The van der Waals surface area contributed by atoms with Gasteiger partial charge in [-0.1, -0.05) is 42.5 Å². The minimum atomic E-state index is 1.16. The van der Waals surface area contributed by atoms with Crippen molar-refractivity contribution in [1.82, 2.24) is 15.0 Å². The maximum absolute atomic E-state index is 4.19. The summed E-state index contributed by atoms with van der Waals surface area (Å²) in [5.74, 6) is 0. The van der Waals surface area contributed by atoms with E-state index in [9.17, 15) is 0 Å². The van der Waals surface area contributed by atoms with Gasteiger partial charge in [0.1, 0.15) is 0 Å². The predicted octanol–water partition coefficient (Wildman–Crippen LogP) is 7.27. The second kappa shape index (κ2) is 7.03. The van der Waals surface area contributed by atoms with Crippen LogP contribution in [0.4, 0.5) is 0 Å². The molecule has 6 aromatic rings. The normalized spacial score (nSPS) is 11.3. The number of pyridine rings is 1. The molecule has 0 amide bonds. The summed E-state index contributed by atoms with van der Waals surface area (Å²) in [5.41, 5.74) is 10.1. The van der Waals surface area contributed by atoms with Crippen LogP contribution in [0.5, 0.6) is 0 Å². The molecule has 0 saturated heterocycles. The summed E-state index contributed by atoms with van der Waals surface area (Å²) in [6.07, 6.45) is 3.75. The number of para-hydroxylation sites is 1. The summed E-state index contributed by atoms with van der Waals surface area (Å²) in [5, 5.41) is 5.21. The van der Waals surface area contributed by atoms with Crippen LogP contribution in [-0.4, -0.2) is 15.0 Å². The van der Waals surface area contributed by atoms with Gasteiger partial charge in [0.15, 0.2) is 0 Å². The number of aryl methyl sites for hydroxylation is 4. The average Bonchev–Trinajstić information content (AvgIpc) is 3.34. The fourth-order valence-corrected chi connectivity index (χ4v) is 4.42. The fourth-order valence-electron chi connectivity index (χ4n) is 4.42. The van der Waals surface area contributed by atoms with Crippen molar-refractivity contribution in [3.63, 3.8) is 0 Å². The first-order chi connectivity index (χ1) is 14.5. The molecule has 0 unspecified atom stereocenters. The van der Waals surface area contributed by atoms with E-state index in [1.807, 2.05) is 18.5 Å². The van der Waals surface area contributed by atoms with Gasteiger partial charge < -0.3 is 9.97 Å². The molecule has 3 aromatic carbocycles. The summed E-state index contributed by atoms with van der Waals surface area (Å²) in [7, 11) is 0. The molecule has 0 bridgehead atoms. The van der Waals surface area contributed by atoms with Gasteiger partial charge in [0.25, 0.3) is 0 Å². The highest BCUT2D eigenvalue weighted by Gasteiger charge is 2.08. The number of aromatic amines is 2. The van der Waals surface area contributed by atoms with Gasteiger partial charge in [-0.15, -0.1) is 0 Å². The van der Waals surface area contributed by atoms with E-state index in [2.05, 4.69) is 91.2 Å². The molecular formula is C27H25N3. The number of benzene rings is 3. The fraction of sp³-hybridized carbons (Fsp3) is 0.148. The molecule has 0 radical (unpaired) electrons. The van der Waals surface area contributed by atoms with E-state index in [-0.39, 0.29) is 0 Å². The molecule has 2 N–H and O–H groups in total. The van der Waals surface area contributed by atoms with Crippen molar-refractivity contribution in [3.05, 3.63) is 89.2 Å². The highest BCUT2D eigenvalue weighted by molar-refractivity contribution is 6.10. The Morgan fingerprint density at radius 2 is 1.10 bits per heavy atom. The molecule has 0 fully saturated rings. The molecule has 3 nitrogen and oxygen atoms in total. The summed E-state index contributed by atoms with van der Waals surface area (Å²) >= 11 is 0. The first-order valence-corrected chi connectivity index (χ1v) is 10.3. The lowest BCUT2D eigenvalue weighted by molar-refractivity contribution is 1.36. The molecule has 0 atom stereocenters. The van der Waals surface area contributed by atoms with E-state index in [1.165, 1.54) is 60.3 Å². The minimum absolute atomic E-state index is 1.16. The number of hydrogen-bond donors (Lipinski definition) is 2. The van der Waals surface area contributed by atoms with Crippen LogP contribution in [0.2, 0.25) is 0 Å². The van der Waals surface area contributed by atoms with Crippen LogP contribution in [0.15, 0.2) is 67.0 Å². The van der Waals surface area contributed by atoms with Gasteiger partial charge in [-0.25, -0.2) is 0 Å². The number of nitrogens with one attached hydrogen (secondary N) is 2. The Balaban J connectivity index is 0.000000128. The molecule has 0 aliphatic rings. The quantitative estimate of drug-likeness (QED) is 0.281. The zero-order chi connectivity index (χ0) is 20.8. The van der Waals surface area contributed by atoms with Crippen LogP contribution in [0, 0.1) is 27.7 Å². The Morgan fingerprint density at radius 1 is 0.567 bits per heavy atom. The average molecular weight is 392 g/mol. The minimum Gasteiger partial charge on any atom is -0.354 e. The van der Waals surface area contributed by atoms with Crippen molar-refractivity contribution in [1.29, 1.82) is 0 Å². The molecule has 30 heavy (non-hydrogen) atoms. The zero-order valence-corrected chi connectivity index (χ0v) is 17.8. The Hall–Kier alpha value is -3.59. The molecule has 3 heterocycles. The number of fused-ring (bicyclic) bond motifs is 6. The van der Waals surface area contributed by atoms with Crippen molar-refractivity contribution >= 4 is 43.6 Å². The number of hydrogen-bond acceptors (Lipinski definition) is 1. The second-order valence-electron chi connectivity index (χ2n) is 8.12. The van der Waals surface area contributed by atoms with Gasteiger partial charge in [0, 0.05) is 56.0 Å². The lowest BCUT2D eigenvalue weighted by atomic mass is 10.0. The monoisotopic (exact) mass is 391 g/mol. The van der Waals surface area contributed by atoms with Crippen LogP contribution in [0.1, 0.15) is 22.3 Å². The maximum atomic E-state index is 4.19. The van der Waals surface area contributed by atoms with Crippen LogP contribution in [0.25, 0.3) is 43.6 Å². The number of nitrogens with zero attached hydrogens (tertiary/aromatic N) is 1. The third-order valence-corrected chi connectivity index (χ3v) is 6.05. The topological polar surface area (TPSA) is 44.5 Å². The van der Waals surface area contributed by atoms with Gasteiger partial charge in [0.05, 0.1) is 0 Å². The van der Waals surface area contributed by atoms with Crippen molar-refractivity contribution in [2.75, 3.05) is 0 Å². The van der Waals surface area contributed by atoms with Crippen LogP contribution < -0.4 is 0 Å². The van der Waals surface area contributed by atoms with E-state index in [0.29, 0.717) is 0 Å². The predicted molar refractivity (Wildman–Crippen MR) is 128 cm³/mol. The zero-order valence-electron chi connectivity index (χ0n) is 17.8. The second-order valence-corrected chi connectivity index (χ2v) is 8.12. The SMILES string of the molecule is Cc1ccc(C)c2c1[nH]c1ccccc12.Cc1ccc(C)c2c1[nH]c1ccncc12. The largest absolute Gasteiger partial charge is 0.354 e. The van der Waals surface area contributed by atoms with Crippen molar-refractivity contribution in [2.45, 2.75) is 27.7 Å². The summed E-state index contributed by atoms with van der Waals surface area (Å²) in [4.78, 5) is 11.1. The highest BCUT2D eigenvalue weighted by Crippen LogP contribution is 2.30. The third kappa shape index (κ3) is 2.86.